The number of carbonyl (C=O) groups excluding carboxylic acids is 1. The first-order chi connectivity index (χ1) is 11.9. The van der Waals surface area contributed by atoms with Gasteiger partial charge < -0.3 is 9.80 Å². The summed E-state index contributed by atoms with van der Waals surface area (Å²) in [6.45, 7) is 13.6. The van der Waals surface area contributed by atoms with Crippen molar-refractivity contribution >= 4 is 17.2 Å². The van der Waals surface area contributed by atoms with Crippen molar-refractivity contribution in [3.05, 3.63) is 39.9 Å². The number of thiazole rings is 1. The van der Waals surface area contributed by atoms with Crippen LogP contribution < -0.4 is 0 Å². The van der Waals surface area contributed by atoms with E-state index >= 15 is 0 Å². The van der Waals surface area contributed by atoms with Gasteiger partial charge in [0.15, 0.2) is 0 Å². The van der Waals surface area contributed by atoms with E-state index in [-0.39, 0.29) is 5.91 Å². The number of benzene rings is 1. The molecule has 0 N–H and O–H groups in total. The minimum absolute atomic E-state index is 0.0945. The lowest BCUT2D eigenvalue weighted by Crippen LogP contribution is -2.37. The molecule has 2 aromatic rings. The minimum Gasteiger partial charge on any atom is -0.337 e. The maximum absolute atomic E-state index is 12.9. The second-order valence-corrected chi connectivity index (χ2v) is 7.51. The summed E-state index contributed by atoms with van der Waals surface area (Å²) >= 11 is 1.50. The van der Waals surface area contributed by atoms with E-state index in [4.69, 9.17) is 0 Å². The Morgan fingerprint density at radius 1 is 1.08 bits per heavy atom. The first-order valence-corrected chi connectivity index (χ1v) is 9.71. The summed E-state index contributed by atoms with van der Waals surface area (Å²) < 4.78 is 0. The lowest BCUT2D eigenvalue weighted by atomic mass is 10.1. The van der Waals surface area contributed by atoms with Gasteiger partial charge in [0.05, 0.1) is 5.69 Å². The lowest BCUT2D eigenvalue weighted by molar-refractivity contribution is 0.0755. The molecule has 0 radical (unpaired) electrons. The van der Waals surface area contributed by atoms with Crippen molar-refractivity contribution in [2.45, 2.75) is 34.6 Å². The first-order valence-electron chi connectivity index (χ1n) is 8.90. The van der Waals surface area contributed by atoms with Crippen LogP contribution in [0.25, 0.3) is 10.6 Å². The average Bonchev–Trinajstić information content (AvgIpc) is 2.99. The Balaban J connectivity index is 2.22. The van der Waals surface area contributed by atoms with Crippen LogP contribution in [0.3, 0.4) is 0 Å². The average molecular weight is 360 g/mol. The highest BCUT2D eigenvalue weighted by molar-refractivity contribution is 7.17. The molecule has 0 bridgehead atoms. The Labute approximate surface area is 155 Å². The topological polar surface area (TPSA) is 36.4 Å². The van der Waals surface area contributed by atoms with Gasteiger partial charge in [0.2, 0.25) is 0 Å². The molecule has 1 aromatic heterocycles. The molecule has 0 saturated carbocycles. The van der Waals surface area contributed by atoms with Gasteiger partial charge in [-0.25, -0.2) is 4.98 Å². The monoisotopic (exact) mass is 359 g/mol. The fourth-order valence-electron chi connectivity index (χ4n) is 2.59. The summed E-state index contributed by atoms with van der Waals surface area (Å²) in [5, 5.41) is 0.922. The van der Waals surface area contributed by atoms with E-state index < -0.39 is 0 Å². The standard InChI is InChI=1S/C20H29N3OS/c1-7-22(6)11-12-23(8-2)20(24)18-16(5)21-19(25-18)17-10-9-14(3)15(4)13-17/h9-10,13H,7-8,11-12H2,1-6H3. The first kappa shape index (κ1) is 19.6. The zero-order valence-electron chi connectivity index (χ0n) is 16.2. The van der Waals surface area contributed by atoms with Crippen molar-refractivity contribution < 1.29 is 4.79 Å². The van der Waals surface area contributed by atoms with Crippen molar-refractivity contribution in [2.24, 2.45) is 0 Å². The molecule has 1 heterocycles. The predicted molar refractivity (Wildman–Crippen MR) is 107 cm³/mol. The predicted octanol–water partition coefficient (Wildman–Crippen LogP) is 4.15. The molecule has 0 aliphatic carbocycles. The maximum Gasteiger partial charge on any atom is 0.265 e. The Bertz CT molecular complexity index is 739. The van der Waals surface area contributed by atoms with Crippen LogP contribution in [0.1, 0.15) is 40.3 Å². The summed E-state index contributed by atoms with van der Waals surface area (Å²) in [6.07, 6.45) is 0. The molecule has 4 nitrogen and oxygen atoms in total. The second kappa shape index (κ2) is 8.59. The molecule has 0 aliphatic rings. The number of nitrogens with zero attached hydrogens (tertiary/aromatic N) is 3. The highest BCUT2D eigenvalue weighted by atomic mass is 32.1. The third-order valence-corrected chi connectivity index (χ3v) is 5.90. The van der Waals surface area contributed by atoms with E-state index in [2.05, 4.69) is 55.9 Å². The van der Waals surface area contributed by atoms with E-state index in [1.165, 1.54) is 22.5 Å². The highest BCUT2D eigenvalue weighted by Gasteiger charge is 2.21. The van der Waals surface area contributed by atoms with Crippen LogP contribution in [-0.4, -0.2) is 53.9 Å². The van der Waals surface area contributed by atoms with Gasteiger partial charge in [-0.1, -0.05) is 19.1 Å². The molecule has 25 heavy (non-hydrogen) atoms. The number of carbonyl (C=O) groups is 1. The number of aryl methyl sites for hydroxylation is 3. The van der Waals surface area contributed by atoms with Gasteiger partial charge in [-0.2, -0.15) is 0 Å². The molecule has 0 saturated heterocycles. The normalized spacial score (nSPS) is 11.2. The van der Waals surface area contributed by atoms with Crippen LogP contribution in [0.5, 0.6) is 0 Å². The Kier molecular flexibility index (Phi) is 6.73. The number of hydrogen-bond acceptors (Lipinski definition) is 4. The Morgan fingerprint density at radius 3 is 2.40 bits per heavy atom. The Hall–Kier alpha value is -1.72. The summed E-state index contributed by atoms with van der Waals surface area (Å²) in [5.74, 6) is 0.0945. The van der Waals surface area contributed by atoms with Crippen molar-refractivity contribution in [1.82, 2.24) is 14.8 Å². The van der Waals surface area contributed by atoms with Gasteiger partial charge >= 0.3 is 0 Å². The van der Waals surface area contributed by atoms with Crippen LogP contribution in [0.15, 0.2) is 18.2 Å². The van der Waals surface area contributed by atoms with Gasteiger partial charge in [-0.3, -0.25) is 4.79 Å². The number of hydrogen-bond donors (Lipinski definition) is 0. The van der Waals surface area contributed by atoms with E-state index in [9.17, 15) is 4.79 Å². The molecular weight excluding hydrogens is 330 g/mol. The fraction of sp³-hybridized carbons (Fsp3) is 0.500. The van der Waals surface area contributed by atoms with Gasteiger partial charge in [0.25, 0.3) is 5.91 Å². The smallest absolute Gasteiger partial charge is 0.265 e. The maximum atomic E-state index is 12.9. The molecule has 136 valence electrons. The van der Waals surface area contributed by atoms with Crippen molar-refractivity contribution in [1.29, 1.82) is 0 Å². The molecule has 5 heteroatoms. The number of rotatable bonds is 7. The summed E-state index contributed by atoms with van der Waals surface area (Å²) in [5.41, 5.74) is 4.43. The minimum atomic E-state index is 0.0945. The summed E-state index contributed by atoms with van der Waals surface area (Å²) in [4.78, 5) is 22.5. The van der Waals surface area contributed by atoms with Crippen molar-refractivity contribution in [3.8, 4) is 10.6 Å². The molecule has 0 aliphatic heterocycles. The molecule has 2 rings (SSSR count). The zero-order chi connectivity index (χ0) is 18.6. The summed E-state index contributed by atoms with van der Waals surface area (Å²) in [6, 6.07) is 6.35. The molecule has 0 fully saturated rings. The number of likely N-dealkylation sites (N-methyl/N-ethyl adjacent to an activating group) is 2. The third-order valence-electron chi connectivity index (χ3n) is 4.71. The fourth-order valence-corrected chi connectivity index (χ4v) is 3.62. The zero-order valence-corrected chi connectivity index (χ0v) is 17.0. The summed E-state index contributed by atoms with van der Waals surface area (Å²) in [7, 11) is 2.08. The molecule has 0 unspecified atom stereocenters. The van der Waals surface area contributed by atoms with E-state index in [1.54, 1.807) is 0 Å². The van der Waals surface area contributed by atoms with E-state index in [1.807, 2.05) is 18.7 Å². The molecular formula is C20H29N3OS. The van der Waals surface area contributed by atoms with Crippen LogP contribution in [0.2, 0.25) is 0 Å². The Morgan fingerprint density at radius 2 is 1.80 bits per heavy atom. The number of aromatic nitrogens is 1. The van der Waals surface area contributed by atoms with Gasteiger partial charge in [0.1, 0.15) is 9.88 Å². The molecule has 0 spiro atoms. The third kappa shape index (κ3) is 4.67. The van der Waals surface area contributed by atoms with Gasteiger partial charge in [-0.15, -0.1) is 11.3 Å². The van der Waals surface area contributed by atoms with Crippen molar-refractivity contribution in [2.75, 3.05) is 33.2 Å². The SMILES string of the molecule is CCN(C)CCN(CC)C(=O)c1sc(-c2ccc(C)c(C)c2)nc1C. The molecule has 1 aromatic carbocycles. The quantitative estimate of drug-likeness (QED) is 0.745. The van der Waals surface area contributed by atoms with Gasteiger partial charge in [-0.05, 0) is 58.5 Å². The van der Waals surface area contributed by atoms with Gasteiger partial charge in [0, 0.05) is 25.2 Å². The lowest BCUT2D eigenvalue weighted by Gasteiger charge is -2.23. The van der Waals surface area contributed by atoms with E-state index in [0.717, 1.165) is 40.8 Å². The number of amides is 1. The van der Waals surface area contributed by atoms with Crippen LogP contribution >= 0.6 is 11.3 Å². The largest absolute Gasteiger partial charge is 0.337 e. The van der Waals surface area contributed by atoms with Crippen molar-refractivity contribution in [3.63, 3.8) is 0 Å². The second-order valence-electron chi connectivity index (χ2n) is 6.51. The van der Waals surface area contributed by atoms with Crippen LogP contribution in [-0.2, 0) is 0 Å². The molecule has 1 amide bonds. The highest BCUT2D eigenvalue weighted by Crippen LogP contribution is 2.30. The van der Waals surface area contributed by atoms with Crippen LogP contribution in [0.4, 0.5) is 0 Å². The molecule has 0 atom stereocenters. The van der Waals surface area contributed by atoms with Crippen LogP contribution in [0, 0.1) is 20.8 Å². The van der Waals surface area contributed by atoms with E-state index in [0.29, 0.717) is 6.54 Å².